The van der Waals surface area contributed by atoms with Crippen molar-refractivity contribution in [2.75, 3.05) is 6.54 Å². The molecule has 20 heavy (non-hydrogen) atoms. The fourth-order valence-electron chi connectivity index (χ4n) is 2.24. The van der Waals surface area contributed by atoms with E-state index in [0.717, 1.165) is 13.0 Å². The van der Waals surface area contributed by atoms with Crippen molar-refractivity contribution in [1.29, 1.82) is 0 Å². The van der Waals surface area contributed by atoms with Crippen LogP contribution in [-0.2, 0) is 0 Å². The molecular weight excluding hydrogens is 276 g/mol. The van der Waals surface area contributed by atoms with Crippen molar-refractivity contribution in [3.63, 3.8) is 0 Å². The first kappa shape index (κ1) is 14.9. The second kappa shape index (κ2) is 6.81. The van der Waals surface area contributed by atoms with Crippen molar-refractivity contribution in [1.82, 2.24) is 20.4 Å². The molecule has 0 bridgehead atoms. The average molecular weight is 295 g/mol. The minimum atomic E-state index is 0.179. The quantitative estimate of drug-likeness (QED) is 0.886. The summed E-state index contributed by atoms with van der Waals surface area (Å²) in [6.07, 6.45) is 2.58. The van der Waals surface area contributed by atoms with Gasteiger partial charge in [-0.2, -0.15) is 4.98 Å². The lowest BCUT2D eigenvalue weighted by Crippen LogP contribution is -2.31. The smallest absolute Gasteiger partial charge is 0.231 e. The largest absolute Gasteiger partial charge is 0.339 e. The molecule has 0 aliphatic carbocycles. The van der Waals surface area contributed by atoms with E-state index < -0.39 is 0 Å². The van der Waals surface area contributed by atoms with Gasteiger partial charge in [0.25, 0.3) is 0 Å². The highest BCUT2D eigenvalue weighted by atomic mass is 35.5. The summed E-state index contributed by atoms with van der Waals surface area (Å²) in [5.41, 5.74) is 0.551. The normalized spacial score (nSPS) is 14.2. The topological polar surface area (TPSA) is 63.8 Å². The summed E-state index contributed by atoms with van der Waals surface area (Å²) in [7, 11) is 0. The molecule has 108 valence electrons. The molecule has 2 aromatic heterocycles. The van der Waals surface area contributed by atoms with Gasteiger partial charge >= 0.3 is 0 Å². The van der Waals surface area contributed by atoms with Gasteiger partial charge in [-0.1, -0.05) is 30.6 Å². The van der Waals surface area contributed by atoms with Gasteiger partial charge in [0, 0.05) is 12.2 Å². The third-order valence-electron chi connectivity index (χ3n) is 3.30. The fourth-order valence-corrected chi connectivity index (χ4v) is 2.44. The molecule has 6 heteroatoms. The predicted octanol–water partition coefficient (Wildman–Crippen LogP) is 3.28. The third-order valence-corrected chi connectivity index (χ3v) is 3.60. The van der Waals surface area contributed by atoms with Crippen LogP contribution < -0.4 is 5.32 Å². The molecule has 1 N–H and O–H groups in total. The zero-order chi connectivity index (χ0) is 14.5. The van der Waals surface area contributed by atoms with Gasteiger partial charge in [-0.25, -0.2) is 0 Å². The van der Waals surface area contributed by atoms with Gasteiger partial charge in [-0.05, 0) is 32.0 Å². The first-order chi connectivity index (χ1) is 9.67. The van der Waals surface area contributed by atoms with E-state index in [2.05, 4.69) is 41.2 Å². The van der Waals surface area contributed by atoms with Crippen molar-refractivity contribution in [3.05, 3.63) is 29.2 Å². The summed E-state index contributed by atoms with van der Waals surface area (Å²) in [4.78, 5) is 8.65. The van der Waals surface area contributed by atoms with Gasteiger partial charge in [0.2, 0.25) is 11.7 Å². The van der Waals surface area contributed by atoms with Crippen LogP contribution in [0.5, 0.6) is 0 Å². The molecule has 2 aromatic rings. The van der Waals surface area contributed by atoms with Crippen LogP contribution in [0, 0.1) is 0 Å². The molecule has 5 nitrogen and oxygen atoms in total. The van der Waals surface area contributed by atoms with Gasteiger partial charge < -0.3 is 9.84 Å². The molecule has 0 radical (unpaired) electrons. The van der Waals surface area contributed by atoms with Crippen molar-refractivity contribution in [3.8, 4) is 11.5 Å². The summed E-state index contributed by atoms with van der Waals surface area (Å²) in [5, 5.41) is 7.90. The Bertz CT molecular complexity index is 558. The van der Waals surface area contributed by atoms with E-state index in [1.165, 1.54) is 0 Å². The van der Waals surface area contributed by atoms with Gasteiger partial charge in [-0.15, -0.1) is 0 Å². The SMILES string of the molecule is CCNC(C)C(CC)c1nc(-c2ncccc2Cl)no1. The second-order valence-corrected chi connectivity index (χ2v) is 5.06. The fraction of sp³-hybridized carbons (Fsp3) is 0.500. The number of hydrogen-bond donors (Lipinski definition) is 1. The average Bonchev–Trinajstić information content (AvgIpc) is 2.90. The third kappa shape index (κ3) is 3.16. The summed E-state index contributed by atoms with van der Waals surface area (Å²) < 4.78 is 5.39. The van der Waals surface area contributed by atoms with E-state index in [9.17, 15) is 0 Å². The molecule has 2 heterocycles. The lowest BCUT2D eigenvalue weighted by molar-refractivity contribution is 0.318. The molecule has 0 saturated carbocycles. The van der Waals surface area contributed by atoms with Gasteiger partial charge in [0.15, 0.2) is 0 Å². The van der Waals surface area contributed by atoms with E-state index in [-0.39, 0.29) is 12.0 Å². The standard InChI is InChI=1S/C14H19ClN4O/c1-4-10(9(3)16-5-2)14-18-13(19-20-14)12-11(15)7-6-8-17-12/h6-10,16H,4-5H2,1-3H3. The Morgan fingerprint density at radius 3 is 2.85 bits per heavy atom. The maximum absolute atomic E-state index is 6.10. The zero-order valence-electron chi connectivity index (χ0n) is 11.9. The zero-order valence-corrected chi connectivity index (χ0v) is 12.7. The van der Waals surface area contributed by atoms with Crippen LogP contribution in [0.3, 0.4) is 0 Å². The highest BCUT2D eigenvalue weighted by Crippen LogP contribution is 2.27. The van der Waals surface area contributed by atoms with E-state index in [1.54, 1.807) is 18.3 Å². The van der Waals surface area contributed by atoms with Crippen LogP contribution >= 0.6 is 11.6 Å². The number of likely N-dealkylation sites (N-methyl/N-ethyl adjacent to an activating group) is 1. The number of nitrogens with zero attached hydrogens (tertiary/aromatic N) is 3. The molecule has 2 atom stereocenters. The Morgan fingerprint density at radius 1 is 1.40 bits per heavy atom. The van der Waals surface area contributed by atoms with E-state index in [0.29, 0.717) is 22.4 Å². The molecule has 0 aliphatic rings. The molecule has 2 rings (SSSR count). The van der Waals surface area contributed by atoms with Crippen molar-refractivity contribution in [2.45, 2.75) is 39.2 Å². The number of hydrogen-bond acceptors (Lipinski definition) is 5. The highest BCUT2D eigenvalue weighted by molar-refractivity contribution is 6.32. The van der Waals surface area contributed by atoms with Crippen LogP contribution in [0.1, 0.15) is 39.0 Å². The molecule has 0 aromatic carbocycles. The maximum atomic E-state index is 6.10. The number of aromatic nitrogens is 3. The maximum Gasteiger partial charge on any atom is 0.231 e. The van der Waals surface area contributed by atoms with Gasteiger partial charge in [-0.3, -0.25) is 4.98 Å². The first-order valence-corrected chi connectivity index (χ1v) is 7.23. The van der Waals surface area contributed by atoms with Crippen LogP contribution in [0.15, 0.2) is 22.9 Å². The summed E-state index contributed by atoms with van der Waals surface area (Å²) in [5.74, 6) is 1.24. The minimum absolute atomic E-state index is 0.179. The van der Waals surface area contributed by atoms with Crippen LogP contribution in [-0.4, -0.2) is 27.7 Å². The number of pyridine rings is 1. The minimum Gasteiger partial charge on any atom is -0.339 e. The molecule has 0 spiro atoms. The molecule has 0 fully saturated rings. The Kier molecular flexibility index (Phi) is 5.09. The van der Waals surface area contributed by atoms with Gasteiger partial charge in [0.1, 0.15) is 5.69 Å². The predicted molar refractivity (Wildman–Crippen MR) is 78.7 cm³/mol. The Morgan fingerprint density at radius 2 is 2.20 bits per heavy atom. The monoisotopic (exact) mass is 294 g/mol. The van der Waals surface area contributed by atoms with E-state index >= 15 is 0 Å². The summed E-state index contributed by atoms with van der Waals surface area (Å²) >= 11 is 6.10. The van der Waals surface area contributed by atoms with Crippen LogP contribution in [0.2, 0.25) is 5.02 Å². The summed E-state index contributed by atoms with van der Waals surface area (Å²) in [6.45, 7) is 7.21. The summed E-state index contributed by atoms with van der Waals surface area (Å²) in [6, 6.07) is 3.81. The second-order valence-electron chi connectivity index (χ2n) is 4.65. The van der Waals surface area contributed by atoms with Crippen molar-refractivity contribution in [2.24, 2.45) is 0 Å². The Labute approximate surface area is 123 Å². The first-order valence-electron chi connectivity index (χ1n) is 6.85. The van der Waals surface area contributed by atoms with Crippen molar-refractivity contribution >= 4 is 11.6 Å². The molecule has 2 unspecified atom stereocenters. The van der Waals surface area contributed by atoms with Gasteiger partial charge in [0.05, 0.1) is 10.9 Å². The van der Waals surface area contributed by atoms with E-state index in [1.807, 2.05) is 0 Å². The van der Waals surface area contributed by atoms with Crippen molar-refractivity contribution < 1.29 is 4.52 Å². The molecule has 0 saturated heterocycles. The van der Waals surface area contributed by atoms with E-state index in [4.69, 9.17) is 16.1 Å². The number of nitrogens with one attached hydrogen (secondary N) is 1. The molecular formula is C14H19ClN4O. The lowest BCUT2D eigenvalue weighted by Gasteiger charge is -2.19. The van der Waals surface area contributed by atoms with Crippen LogP contribution in [0.4, 0.5) is 0 Å². The lowest BCUT2D eigenvalue weighted by atomic mass is 9.98. The number of rotatable bonds is 6. The number of halogens is 1. The Hall–Kier alpha value is -1.46. The Balaban J connectivity index is 2.26. The molecule has 0 aliphatic heterocycles. The highest BCUT2D eigenvalue weighted by Gasteiger charge is 2.24. The molecule has 0 amide bonds. The van der Waals surface area contributed by atoms with Crippen LogP contribution in [0.25, 0.3) is 11.5 Å².